The van der Waals surface area contributed by atoms with Crippen molar-refractivity contribution >= 4 is 23.2 Å². The maximum absolute atomic E-state index is 12.0. The molecule has 23 heavy (non-hydrogen) atoms. The number of rotatable bonds is 3. The number of hydrogen-bond acceptors (Lipinski definition) is 3. The number of benzene rings is 2. The van der Waals surface area contributed by atoms with Crippen molar-refractivity contribution in [2.24, 2.45) is 0 Å². The smallest absolute Gasteiger partial charge is 0.314 e. The lowest BCUT2D eigenvalue weighted by Gasteiger charge is -2.13. The second-order valence-corrected chi connectivity index (χ2v) is 5.34. The minimum atomic E-state index is -0.756. The molecule has 2 rings (SSSR count). The molecule has 0 aromatic heterocycles. The molecule has 116 valence electrons. The number of carbonyl (C=O) groups is 2. The monoisotopic (exact) mass is 307 g/mol. The van der Waals surface area contributed by atoms with E-state index in [2.05, 4.69) is 10.6 Å². The predicted molar refractivity (Wildman–Crippen MR) is 88.9 cm³/mol. The van der Waals surface area contributed by atoms with Crippen LogP contribution in [0.15, 0.2) is 48.5 Å². The van der Waals surface area contributed by atoms with E-state index >= 15 is 0 Å². The van der Waals surface area contributed by atoms with Crippen LogP contribution in [0.2, 0.25) is 0 Å². The molecule has 0 aliphatic carbocycles. The summed E-state index contributed by atoms with van der Waals surface area (Å²) >= 11 is 0. The van der Waals surface area contributed by atoms with Crippen molar-refractivity contribution in [1.82, 2.24) is 0 Å². The van der Waals surface area contributed by atoms with Crippen LogP contribution in [0.5, 0.6) is 0 Å². The number of nitriles is 1. The Labute approximate surface area is 134 Å². The maximum Gasteiger partial charge on any atom is 0.314 e. The van der Waals surface area contributed by atoms with E-state index in [1.54, 1.807) is 36.4 Å². The van der Waals surface area contributed by atoms with Gasteiger partial charge in [0.25, 0.3) is 0 Å². The molecule has 0 unspecified atom stereocenters. The first-order chi connectivity index (χ1) is 11.0. The Kier molecular flexibility index (Phi) is 5.11. The molecule has 0 fully saturated rings. The number of nitrogens with one attached hydrogen (secondary N) is 2. The maximum atomic E-state index is 12.0. The third-order valence-electron chi connectivity index (χ3n) is 3.31. The third kappa shape index (κ3) is 4.17. The molecule has 2 aromatic carbocycles. The van der Waals surface area contributed by atoms with Gasteiger partial charge in [0.1, 0.15) is 0 Å². The average Bonchev–Trinajstić information content (AvgIpc) is 2.55. The van der Waals surface area contributed by atoms with Gasteiger partial charge < -0.3 is 10.6 Å². The summed E-state index contributed by atoms with van der Waals surface area (Å²) in [5, 5.41) is 13.9. The molecule has 5 heteroatoms. The van der Waals surface area contributed by atoms with Crippen LogP contribution in [-0.4, -0.2) is 11.8 Å². The fraction of sp³-hybridized carbons (Fsp3) is 0.167. The highest BCUT2D eigenvalue weighted by molar-refractivity contribution is 6.43. The molecule has 0 aliphatic heterocycles. The molecule has 2 aromatic rings. The summed E-state index contributed by atoms with van der Waals surface area (Å²) < 4.78 is 0. The molecule has 0 aliphatic rings. The van der Waals surface area contributed by atoms with Crippen molar-refractivity contribution in [3.05, 3.63) is 59.7 Å². The lowest BCUT2D eigenvalue weighted by Crippen LogP contribution is -2.29. The Balaban J connectivity index is 2.06. The van der Waals surface area contributed by atoms with Gasteiger partial charge >= 0.3 is 11.8 Å². The molecular formula is C18H17N3O2. The zero-order chi connectivity index (χ0) is 16.8. The van der Waals surface area contributed by atoms with E-state index in [0.717, 1.165) is 5.56 Å². The SMILES string of the molecule is CC(C)c1ccccc1NC(=O)C(=O)Nc1ccc(C#N)cc1. The second kappa shape index (κ2) is 7.23. The largest absolute Gasteiger partial charge is 0.318 e. The van der Waals surface area contributed by atoms with Gasteiger partial charge in [0, 0.05) is 11.4 Å². The molecule has 0 bridgehead atoms. The van der Waals surface area contributed by atoms with Crippen LogP contribution >= 0.6 is 0 Å². The molecule has 0 spiro atoms. The molecule has 2 amide bonds. The highest BCUT2D eigenvalue weighted by Crippen LogP contribution is 2.23. The van der Waals surface area contributed by atoms with E-state index in [4.69, 9.17) is 5.26 Å². The number of para-hydroxylation sites is 1. The lowest BCUT2D eigenvalue weighted by atomic mass is 10.0. The average molecular weight is 307 g/mol. The second-order valence-electron chi connectivity index (χ2n) is 5.34. The van der Waals surface area contributed by atoms with E-state index in [1.165, 1.54) is 0 Å². The van der Waals surface area contributed by atoms with Crippen molar-refractivity contribution in [2.45, 2.75) is 19.8 Å². The number of hydrogen-bond donors (Lipinski definition) is 2. The summed E-state index contributed by atoms with van der Waals surface area (Å²) in [7, 11) is 0. The highest BCUT2D eigenvalue weighted by atomic mass is 16.2. The summed E-state index contributed by atoms with van der Waals surface area (Å²) in [5.74, 6) is -1.26. The third-order valence-corrected chi connectivity index (χ3v) is 3.31. The van der Waals surface area contributed by atoms with Crippen molar-refractivity contribution in [1.29, 1.82) is 5.26 Å². The van der Waals surface area contributed by atoms with Gasteiger partial charge in [-0.15, -0.1) is 0 Å². The molecule has 0 heterocycles. The number of carbonyl (C=O) groups excluding carboxylic acids is 2. The minimum Gasteiger partial charge on any atom is -0.318 e. The zero-order valence-corrected chi connectivity index (χ0v) is 13.0. The van der Waals surface area contributed by atoms with Crippen LogP contribution in [0, 0.1) is 11.3 Å². The van der Waals surface area contributed by atoms with Gasteiger partial charge in [-0.25, -0.2) is 0 Å². The standard InChI is InChI=1S/C18H17N3O2/c1-12(2)15-5-3-4-6-16(15)21-18(23)17(22)20-14-9-7-13(11-19)8-10-14/h3-10,12H,1-2H3,(H,20,22)(H,21,23). The fourth-order valence-electron chi connectivity index (χ4n) is 2.11. The molecular weight excluding hydrogens is 290 g/mol. The van der Waals surface area contributed by atoms with E-state index in [1.807, 2.05) is 32.0 Å². The van der Waals surface area contributed by atoms with Gasteiger partial charge in [-0.2, -0.15) is 5.26 Å². The van der Waals surface area contributed by atoms with Gasteiger partial charge in [0.2, 0.25) is 0 Å². The fourth-order valence-corrected chi connectivity index (χ4v) is 2.11. The number of amides is 2. The van der Waals surface area contributed by atoms with Crippen LogP contribution < -0.4 is 10.6 Å². The van der Waals surface area contributed by atoms with Gasteiger partial charge in [0.15, 0.2) is 0 Å². The molecule has 5 nitrogen and oxygen atoms in total. The Morgan fingerprint density at radius 3 is 2.17 bits per heavy atom. The topological polar surface area (TPSA) is 82.0 Å². The lowest BCUT2D eigenvalue weighted by molar-refractivity contribution is -0.133. The van der Waals surface area contributed by atoms with Gasteiger partial charge in [-0.3, -0.25) is 9.59 Å². The van der Waals surface area contributed by atoms with E-state index in [9.17, 15) is 9.59 Å². The first-order valence-electron chi connectivity index (χ1n) is 7.22. The molecule has 0 saturated carbocycles. The Morgan fingerprint density at radius 2 is 1.57 bits per heavy atom. The molecule has 0 radical (unpaired) electrons. The number of anilines is 2. The van der Waals surface area contributed by atoms with E-state index < -0.39 is 11.8 Å². The Morgan fingerprint density at radius 1 is 0.957 bits per heavy atom. The van der Waals surface area contributed by atoms with Crippen molar-refractivity contribution in [3.8, 4) is 6.07 Å². The summed E-state index contributed by atoms with van der Waals surface area (Å²) in [6, 6.07) is 15.7. The summed E-state index contributed by atoms with van der Waals surface area (Å²) in [4.78, 5) is 24.0. The van der Waals surface area contributed by atoms with Gasteiger partial charge in [0.05, 0.1) is 11.6 Å². The summed E-state index contributed by atoms with van der Waals surface area (Å²) in [5.41, 5.74) is 2.54. The normalized spacial score (nSPS) is 10.0. The van der Waals surface area contributed by atoms with Crippen molar-refractivity contribution in [3.63, 3.8) is 0 Å². The van der Waals surface area contributed by atoms with Crippen molar-refractivity contribution < 1.29 is 9.59 Å². The number of nitrogens with zero attached hydrogens (tertiary/aromatic N) is 1. The summed E-state index contributed by atoms with van der Waals surface area (Å²) in [6.45, 7) is 4.03. The molecule has 0 saturated heterocycles. The van der Waals surface area contributed by atoms with Crippen LogP contribution in [0.25, 0.3) is 0 Å². The van der Waals surface area contributed by atoms with E-state index in [0.29, 0.717) is 16.9 Å². The zero-order valence-electron chi connectivity index (χ0n) is 13.0. The predicted octanol–water partition coefficient (Wildman–Crippen LogP) is 3.26. The Hall–Kier alpha value is -3.13. The van der Waals surface area contributed by atoms with Gasteiger partial charge in [-0.1, -0.05) is 32.0 Å². The minimum absolute atomic E-state index is 0.230. The molecule has 2 N–H and O–H groups in total. The van der Waals surface area contributed by atoms with Crippen LogP contribution in [0.4, 0.5) is 11.4 Å². The van der Waals surface area contributed by atoms with Gasteiger partial charge in [-0.05, 0) is 41.8 Å². The van der Waals surface area contributed by atoms with Crippen LogP contribution in [-0.2, 0) is 9.59 Å². The quantitative estimate of drug-likeness (QED) is 0.854. The summed E-state index contributed by atoms with van der Waals surface area (Å²) in [6.07, 6.45) is 0. The first kappa shape index (κ1) is 16.2. The molecule has 0 atom stereocenters. The van der Waals surface area contributed by atoms with Crippen LogP contribution in [0.3, 0.4) is 0 Å². The first-order valence-corrected chi connectivity index (χ1v) is 7.22. The van der Waals surface area contributed by atoms with Crippen LogP contribution in [0.1, 0.15) is 30.9 Å². The van der Waals surface area contributed by atoms with Crippen molar-refractivity contribution in [2.75, 3.05) is 10.6 Å². The van der Waals surface area contributed by atoms with E-state index in [-0.39, 0.29) is 5.92 Å². The highest BCUT2D eigenvalue weighted by Gasteiger charge is 2.16. The Bertz CT molecular complexity index is 759.